The summed E-state index contributed by atoms with van der Waals surface area (Å²) in [6.07, 6.45) is 8.07. The topological polar surface area (TPSA) is 23.8 Å². The fourth-order valence-corrected chi connectivity index (χ4v) is 23.6. The summed E-state index contributed by atoms with van der Waals surface area (Å²) >= 11 is 0. The van der Waals surface area contributed by atoms with Crippen molar-refractivity contribution in [2.75, 3.05) is 0 Å². The molecular weight excluding hydrogens is 1840 g/mol. The normalized spacial score (nSPS) is 13.1. The maximum absolute atomic E-state index is 12.5. The van der Waals surface area contributed by atoms with Gasteiger partial charge in [0.2, 0.25) is 0 Å². The molecule has 0 bridgehead atoms. The van der Waals surface area contributed by atoms with Crippen molar-refractivity contribution in [3.05, 3.63) is 458 Å². The lowest BCUT2D eigenvalue weighted by Crippen LogP contribution is -2.74. The molecule has 0 unspecified atom stereocenters. The maximum atomic E-state index is 12.5. The minimum atomic E-state index is -2.38. The van der Waals surface area contributed by atoms with Crippen LogP contribution in [0.2, 0.25) is 19.6 Å². The Bertz CT molecular complexity index is 6290. The molecule has 14 aromatic carbocycles. The zero-order chi connectivity index (χ0) is 117. The zero-order valence-corrected chi connectivity index (χ0v) is 103. The van der Waals surface area contributed by atoms with Crippen LogP contribution in [-0.2, 0) is 71.4 Å². The van der Waals surface area contributed by atoms with Crippen LogP contribution in [-0.4, -0.2) is 16.1 Å². The van der Waals surface area contributed by atoms with Crippen LogP contribution in [0.5, 0.6) is 0 Å². The third kappa shape index (κ3) is 41.8. The monoisotopic (exact) mass is 2050 g/mol. The molecule has 802 valence electrons. The number of benzene rings is 14. The summed E-state index contributed by atoms with van der Waals surface area (Å²) in [5.41, 5.74) is 26.6. The molecule has 0 saturated heterocycles. The van der Waals surface area contributed by atoms with E-state index in [2.05, 4.69) is 554 Å². The van der Waals surface area contributed by atoms with E-state index in [1.54, 1.807) is 10.8 Å². The molecule has 150 heavy (non-hydrogen) atoms. The minimum Gasteiger partial charge on any atom is -0.207 e. The van der Waals surface area contributed by atoms with Crippen LogP contribution in [0.3, 0.4) is 0 Å². The molecule has 0 heterocycles. The summed E-state index contributed by atoms with van der Waals surface area (Å²) in [5, 5.41) is 15.8. The summed E-state index contributed by atoms with van der Waals surface area (Å²) in [6, 6.07) is 119. The number of hydrogen-bond acceptors (Lipinski definition) is 1. The van der Waals surface area contributed by atoms with Crippen molar-refractivity contribution in [3.63, 3.8) is 0 Å². The van der Waals surface area contributed by atoms with Gasteiger partial charge < -0.3 is 0 Å². The molecule has 1 fully saturated rings. The van der Waals surface area contributed by atoms with E-state index in [-0.39, 0.29) is 95.6 Å². The van der Waals surface area contributed by atoms with Crippen LogP contribution in [0.1, 0.15) is 396 Å². The molecule has 0 aromatic heterocycles. The van der Waals surface area contributed by atoms with Crippen LogP contribution < -0.4 is 25.9 Å². The fraction of sp³-hybridized carbons (Fsp3) is 0.418. The number of nitrogens with zero attached hydrogens (tertiary/aromatic N) is 1. The van der Waals surface area contributed by atoms with E-state index in [0.29, 0.717) is 5.56 Å². The van der Waals surface area contributed by atoms with E-state index in [1.165, 1.54) is 160 Å². The van der Waals surface area contributed by atoms with Gasteiger partial charge in [0.25, 0.3) is 0 Å². The van der Waals surface area contributed by atoms with Crippen molar-refractivity contribution in [2.45, 2.75) is 399 Å². The van der Waals surface area contributed by atoms with Crippen molar-refractivity contribution < 1.29 is 11.2 Å². The highest BCUT2D eigenvalue weighted by atomic mass is 28.3. The molecule has 15 rings (SSSR count). The van der Waals surface area contributed by atoms with Crippen molar-refractivity contribution >= 4 is 42.1 Å². The first kappa shape index (κ1) is 119. The van der Waals surface area contributed by atoms with Gasteiger partial charge in [0, 0.05) is 0 Å². The quantitative estimate of drug-likeness (QED) is 0.104. The summed E-state index contributed by atoms with van der Waals surface area (Å²) in [4.78, 5) is 0. The molecule has 0 N–H and O–H groups in total. The highest BCUT2D eigenvalue weighted by molar-refractivity contribution is 7.19. The molecule has 0 amide bonds. The number of hydrogen-bond donors (Lipinski definition) is 0. The van der Waals surface area contributed by atoms with Gasteiger partial charge in [0.05, 0.1) is 26.6 Å². The van der Waals surface area contributed by atoms with Crippen molar-refractivity contribution in [1.82, 2.24) is 0 Å². The Hall–Kier alpha value is -11.1. The number of aryl methyl sites for hydroxylation is 3. The highest BCUT2D eigenvalue weighted by Gasteiger charge is 2.42. The third-order valence-electron chi connectivity index (χ3n) is 27.9. The highest BCUT2D eigenvalue weighted by Crippen LogP contribution is 2.38. The molecule has 1 nitrogen and oxygen atoms in total. The smallest absolute Gasteiger partial charge is 0.179 e. The lowest BCUT2D eigenvalue weighted by molar-refractivity contribution is 0.577. The lowest BCUT2D eigenvalue weighted by Gasteiger charge is -2.34. The largest absolute Gasteiger partial charge is 0.207 e. The van der Waals surface area contributed by atoms with Crippen LogP contribution in [0.25, 0.3) is 11.1 Å². The second-order valence-corrected chi connectivity index (χ2v) is 63.4. The second kappa shape index (κ2) is 55.0. The fourth-order valence-electron chi connectivity index (χ4n) is 17.7. The van der Waals surface area contributed by atoms with Gasteiger partial charge in [0.15, 0.2) is 8.07 Å². The van der Waals surface area contributed by atoms with Crippen LogP contribution in [0.15, 0.2) is 358 Å². The standard InChI is InChI=1S/C28H28Si.C20H26.C15H22.C14H22.C13H22Si.C13H20.C12H18.C11H13N.C10H13F.C10H14/c1-28(2,3)23-19-21-27(22-20-23)29(24-13-7-4-8-14-24,25-15-9-5-10-16-25)26-17-11-6-12-18-26;1-19(2,3)17-11-7-15(8-12-17)16-9-13-18(14-10-16)20(4,5)6;1-15(2,3)14-10-8-13(9-11-14)12-6-4-5-7-12;2*1-13(2,3)11-7-9-12(10-8-11)14(4,5)6;1-5-6-11-7-9-12(10-8-11)13(2,3)4;1-9-6-7-10(2)11(8-9)12(3,4)5;1-11(2,3)10-6-4-9(8-12)5-7-10;1-10(2,3)8-4-6-9(11)7-5-8;1-10(2,3)9-7-5-4-6-8-9/h4-22H,1-3H3;7-14H,1-6H3;8-12H,4-7H2,1-3H3;2*7-10H,1-6H3;7-10H,5-6H2,1-4H3;6-8H,1-5H3;4-7H,1-3H3;4-7H,1-3H3;4-8H,1-3H3/i;;;;;;;;;4D,5D,6D,7D,8D. The SMILES string of the molecule is CC(C)(C)c1ccc(-c2ccc(C(C)(C)C)cc2)cc1.CC(C)(C)c1ccc(C#N)cc1.CC(C)(C)c1ccc(C(C)(C)C)cc1.CC(C)(C)c1ccc(C2CCCC2)cc1.CC(C)(C)c1ccc(F)cc1.CC(C)(C)c1ccc([Si](C)(C)C)cc1.CC(C)(C)c1ccc([Si](c2ccccc2)(c2ccccc2)c2ccccc2)cc1.CCCc1ccc(C(C)(C)C)cc1.Cc1ccc(C)c(C(C)(C)C)c1.[2H]c1c([2H])c([2H])c(C(C)(C)C)c([2H])c1[2H]. The first-order chi connectivity index (χ1) is 71.4. The van der Waals surface area contributed by atoms with Gasteiger partial charge in [-0.3, -0.25) is 0 Å². The Kier molecular flexibility index (Phi) is 43.7. The summed E-state index contributed by atoms with van der Waals surface area (Å²) in [5.74, 6) is 0.678. The molecule has 1 aliphatic carbocycles. The number of nitriles is 1. The minimum absolute atomic E-state index is 0.103. The summed E-state index contributed by atoms with van der Waals surface area (Å²) in [7, 11) is -3.50. The summed E-state index contributed by atoms with van der Waals surface area (Å²) < 4.78 is 50.4. The van der Waals surface area contributed by atoms with E-state index in [0.717, 1.165) is 11.5 Å². The molecule has 14 aromatic rings. The third-order valence-corrected chi connectivity index (χ3v) is 34.7. The van der Waals surface area contributed by atoms with Gasteiger partial charge in [0.1, 0.15) is 5.82 Å². The van der Waals surface area contributed by atoms with E-state index in [1.807, 2.05) is 57.2 Å². The Morgan fingerprint density at radius 2 is 0.540 bits per heavy atom. The molecule has 0 aliphatic heterocycles. The molecule has 4 heteroatoms. The van der Waals surface area contributed by atoms with Crippen molar-refractivity contribution in [3.8, 4) is 17.2 Å². The van der Waals surface area contributed by atoms with E-state index >= 15 is 0 Å². The second-order valence-electron chi connectivity index (χ2n) is 54.5. The van der Waals surface area contributed by atoms with Gasteiger partial charge in [-0.15, -0.1) is 0 Å². The first-order valence-corrected chi connectivity index (χ1v) is 60.7. The van der Waals surface area contributed by atoms with Gasteiger partial charge in [-0.1, -0.05) is 639 Å². The maximum Gasteiger partial charge on any atom is 0.179 e. The van der Waals surface area contributed by atoms with Crippen molar-refractivity contribution in [2.24, 2.45) is 0 Å². The van der Waals surface area contributed by atoms with Gasteiger partial charge >= 0.3 is 0 Å². The Labute approximate surface area is 926 Å². The zero-order valence-electron chi connectivity index (χ0n) is 106. The molecule has 1 aliphatic rings. The van der Waals surface area contributed by atoms with E-state index < -0.39 is 21.6 Å². The predicted octanol–water partition coefficient (Wildman–Crippen LogP) is 39.3. The molecule has 0 radical (unpaired) electrons. The van der Waals surface area contributed by atoms with Crippen molar-refractivity contribution in [1.29, 1.82) is 5.26 Å². The Balaban J connectivity index is 0.000000266. The first-order valence-electron chi connectivity index (χ1n) is 57.7. The van der Waals surface area contributed by atoms with Crippen LogP contribution in [0.4, 0.5) is 4.39 Å². The van der Waals surface area contributed by atoms with Gasteiger partial charge in [-0.25, -0.2) is 4.39 Å². The van der Waals surface area contributed by atoms with Gasteiger partial charge in [-0.2, -0.15) is 5.26 Å². The molecule has 1 saturated carbocycles. The van der Waals surface area contributed by atoms with E-state index in [9.17, 15) is 4.39 Å². The number of rotatable bonds is 9. The molecular formula is C146H198FNSi2. The molecule has 0 atom stereocenters. The lowest BCUT2D eigenvalue weighted by atomic mass is 9.82. The van der Waals surface area contributed by atoms with Gasteiger partial charge in [-0.05, 0) is 244 Å². The summed E-state index contributed by atoms with van der Waals surface area (Å²) in [6.45, 7) is 93.0. The van der Waals surface area contributed by atoms with Crippen LogP contribution >= 0.6 is 0 Å². The average Bonchev–Trinajstić information content (AvgIpc) is 0.949. The average molecular weight is 2050 g/mol. The Morgan fingerprint density at radius 3 is 0.807 bits per heavy atom. The predicted molar refractivity (Wildman–Crippen MR) is 670 cm³/mol. The number of halogens is 1. The molecule has 0 spiro atoms. The van der Waals surface area contributed by atoms with Crippen LogP contribution in [0, 0.1) is 31.0 Å². The van der Waals surface area contributed by atoms with E-state index in [4.69, 9.17) is 12.1 Å². The Morgan fingerprint density at radius 1 is 0.287 bits per heavy atom.